The molecule has 2 aromatic rings. The standard InChI is InChI=1S/C23H24N2O3/c24-15-17-8-10-19(11-9-17)22-14-21(27-16-18-6-7-18)12-13-25(22)28-23(26)20-4-2-1-3-5-20/h1-5,8-11,18,21-22H,6-7,12-14,16H2/t21-,22-/m0/s1. The third-order valence-corrected chi connectivity index (χ3v) is 5.40. The highest BCUT2D eigenvalue weighted by molar-refractivity contribution is 5.89. The van der Waals surface area contributed by atoms with Gasteiger partial charge in [0.25, 0.3) is 0 Å². The third-order valence-electron chi connectivity index (χ3n) is 5.40. The summed E-state index contributed by atoms with van der Waals surface area (Å²) in [5, 5.41) is 10.8. The van der Waals surface area contributed by atoms with Crippen LogP contribution in [-0.2, 0) is 9.57 Å². The van der Waals surface area contributed by atoms with Crippen LogP contribution < -0.4 is 0 Å². The topological polar surface area (TPSA) is 62.6 Å². The van der Waals surface area contributed by atoms with Gasteiger partial charge in [-0.1, -0.05) is 30.3 Å². The molecule has 1 aliphatic carbocycles. The number of carbonyl (C=O) groups is 1. The summed E-state index contributed by atoms with van der Waals surface area (Å²) in [6.45, 7) is 1.45. The molecule has 0 radical (unpaired) electrons. The van der Waals surface area contributed by atoms with E-state index in [0.717, 1.165) is 30.9 Å². The van der Waals surface area contributed by atoms with Crippen molar-refractivity contribution < 1.29 is 14.4 Å². The van der Waals surface area contributed by atoms with E-state index >= 15 is 0 Å². The van der Waals surface area contributed by atoms with Crippen molar-refractivity contribution >= 4 is 5.97 Å². The smallest absolute Gasteiger partial charge is 0.357 e. The van der Waals surface area contributed by atoms with Crippen molar-refractivity contribution in [2.45, 2.75) is 37.8 Å². The van der Waals surface area contributed by atoms with Crippen molar-refractivity contribution in [3.8, 4) is 6.07 Å². The highest BCUT2D eigenvalue weighted by Gasteiger charge is 2.34. The molecule has 0 aromatic heterocycles. The number of carbonyl (C=O) groups excluding carboxylic acids is 1. The molecule has 2 aliphatic rings. The van der Waals surface area contributed by atoms with E-state index in [1.54, 1.807) is 29.3 Å². The first kappa shape index (κ1) is 18.7. The van der Waals surface area contributed by atoms with Crippen molar-refractivity contribution in [2.75, 3.05) is 13.2 Å². The molecule has 0 amide bonds. The van der Waals surface area contributed by atoms with Crippen LogP contribution >= 0.6 is 0 Å². The normalized spacial score (nSPS) is 22.4. The average molecular weight is 376 g/mol. The Kier molecular flexibility index (Phi) is 5.70. The lowest BCUT2D eigenvalue weighted by atomic mass is 9.94. The van der Waals surface area contributed by atoms with Crippen LogP contribution in [0, 0.1) is 17.2 Å². The SMILES string of the molecule is N#Cc1ccc([C@@H]2C[C@@H](OCC3CC3)CCN2OC(=O)c2ccccc2)cc1. The van der Waals surface area contributed by atoms with E-state index in [2.05, 4.69) is 6.07 Å². The van der Waals surface area contributed by atoms with Crippen LogP contribution in [0.15, 0.2) is 54.6 Å². The molecule has 5 heteroatoms. The largest absolute Gasteiger partial charge is 0.378 e. The van der Waals surface area contributed by atoms with Crippen LogP contribution in [0.25, 0.3) is 0 Å². The van der Waals surface area contributed by atoms with Gasteiger partial charge in [-0.25, -0.2) is 4.79 Å². The Labute approximate surface area is 165 Å². The molecule has 28 heavy (non-hydrogen) atoms. The minimum atomic E-state index is -0.350. The molecule has 5 nitrogen and oxygen atoms in total. The van der Waals surface area contributed by atoms with E-state index in [1.165, 1.54) is 12.8 Å². The second kappa shape index (κ2) is 8.55. The van der Waals surface area contributed by atoms with Gasteiger partial charge in [0.15, 0.2) is 0 Å². The summed E-state index contributed by atoms with van der Waals surface area (Å²) in [5.41, 5.74) is 2.18. The molecule has 1 saturated heterocycles. The fourth-order valence-corrected chi connectivity index (χ4v) is 3.54. The van der Waals surface area contributed by atoms with E-state index in [1.807, 2.05) is 30.3 Å². The highest BCUT2D eigenvalue weighted by atomic mass is 16.7. The maximum absolute atomic E-state index is 12.6. The number of hydrogen-bond acceptors (Lipinski definition) is 5. The molecule has 0 N–H and O–H groups in total. The molecule has 1 aliphatic heterocycles. The third kappa shape index (κ3) is 4.59. The molecule has 2 fully saturated rings. The molecule has 1 heterocycles. The van der Waals surface area contributed by atoms with Crippen molar-refractivity contribution in [3.05, 3.63) is 71.3 Å². The van der Waals surface area contributed by atoms with Crippen LogP contribution in [0.1, 0.15) is 53.2 Å². The van der Waals surface area contributed by atoms with Gasteiger partial charge in [0.05, 0.1) is 29.3 Å². The number of benzene rings is 2. The Bertz CT molecular complexity index is 840. The second-order valence-electron chi connectivity index (χ2n) is 7.56. The van der Waals surface area contributed by atoms with Crippen molar-refractivity contribution in [1.82, 2.24) is 5.06 Å². The van der Waals surface area contributed by atoms with Crippen LogP contribution in [0.2, 0.25) is 0 Å². The van der Waals surface area contributed by atoms with Gasteiger partial charge in [0.1, 0.15) is 0 Å². The molecule has 4 rings (SSSR count). The molecule has 0 bridgehead atoms. The summed E-state index contributed by atoms with van der Waals surface area (Å²) in [6, 6.07) is 18.6. The molecular formula is C23H24N2O3. The van der Waals surface area contributed by atoms with Crippen molar-refractivity contribution in [3.63, 3.8) is 0 Å². The zero-order valence-corrected chi connectivity index (χ0v) is 15.8. The van der Waals surface area contributed by atoms with Crippen LogP contribution in [0.3, 0.4) is 0 Å². The number of hydroxylamine groups is 2. The summed E-state index contributed by atoms with van der Waals surface area (Å²) in [6.07, 6.45) is 4.30. The number of ether oxygens (including phenoxy) is 1. The van der Waals surface area contributed by atoms with Crippen molar-refractivity contribution in [2.24, 2.45) is 5.92 Å². The van der Waals surface area contributed by atoms with Gasteiger partial charge in [-0.3, -0.25) is 0 Å². The van der Waals surface area contributed by atoms with Gasteiger partial charge >= 0.3 is 5.97 Å². The highest BCUT2D eigenvalue weighted by Crippen LogP contribution is 2.35. The lowest BCUT2D eigenvalue weighted by Crippen LogP contribution is -2.41. The number of nitriles is 1. The van der Waals surface area contributed by atoms with Crippen LogP contribution in [0.4, 0.5) is 0 Å². The Balaban J connectivity index is 1.49. The predicted octanol–water partition coefficient (Wildman–Crippen LogP) is 4.26. The monoisotopic (exact) mass is 376 g/mol. The molecular weight excluding hydrogens is 352 g/mol. The predicted molar refractivity (Wildman–Crippen MR) is 104 cm³/mol. The van der Waals surface area contributed by atoms with Crippen LogP contribution in [0.5, 0.6) is 0 Å². The molecule has 0 spiro atoms. The van der Waals surface area contributed by atoms with Gasteiger partial charge in [-0.05, 0) is 61.4 Å². The molecule has 144 valence electrons. The second-order valence-corrected chi connectivity index (χ2v) is 7.56. The van der Waals surface area contributed by atoms with E-state index < -0.39 is 0 Å². The van der Waals surface area contributed by atoms with Gasteiger partial charge < -0.3 is 9.57 Å². The Morgan fingerprint density at radius 1 is 1.07 bits per heavy atom. The van der Waals surface area contributed by atoms with E-state index in [4.69, 9.17) is 14.8 Å². The minimum Gasteiger partial charge on any atom is -0.378 e. The first-order valence-electron chi connectivity index (χ1n) is 9.88. The summed E-state index contributed by atoms with van der Waals surface area (Å²) < 4.78 is 6.12. The van der Waals surface area contributed by atoms with Crippen LogP contribution in [-0.4, -0.2) is 30.3 Å². The molecule has 1 saturated carbocycles. The summed E-state index contributed by atoms with van der Waals surface area (Å²) in [4.78, 5) is 18.3. The quantitative estimate of drug-likeness (QED) is 0.754. The first-order chi connectivity index (χ1) is 13.7. The number of nitrogens with zero attached hydrogens (tertiary/aromatic N) is 2. The lowest BCUT2D eigenvalue weighted by molar-refractivity contribution is -0.173. The number of rotatable bonds is 6. The van der Waals surface area contributed by atoms with E-state index in [9.17, 15) is 4.79 Å². The van der Waals surface area contributed by atoms with Gasteiger partial charge in [-0.2, -0.15) is 5.26 Å². The molecule has 2 aromatic carbocycles. The number of piperidine rings is 1. The Hall–Kier alpha value is -2.68. The average Bonchev–Trinajstić information content (AvgIpc) is 3.58. The Morgan fingerprint density at radius 3 is 2.50 bits per heavy atom. The minimum absolute atomic E-state index is 0.0849. The van der Waals surface area contributed by atoms with Crippen molar-refractivity contribution in [1.29, 1.82) is 5.26 Å². The van der Waals surface area contributed by atoms with E-state index in [0.29, 0.717) is 17.7 Å². The molecule has 2 atom stereocenters. The van der Waals surface area contributed by atoms with E-state index in [-0.39, 0.29) is 18.1 Å². The fourth-order valence-electron chi connectivity index (χ4n) is 3.54. The molecule has 0 unspecified atom stereocenters. The van der Waals surface area contributed by atoms with Gasteiger partial charge in [-0.15, -0.1) is 5.06 Å². The maximum Gasteiger partial charge on any atom is 0.357 e. The zero-order chi connectivity index (χ0) is 19.3. The van der Waals surface area contributed by atoms with Gasteiger partial charge in [0, 0.05) is 13.2 Å². The summed E-state index contributed by atoms with van der Waals surface area (Å²) >= 11 is 0. The summed E-state index contributed by atoms with van der Waals surface area (Å²) in [7, 11) is 0. The maximum atomic E-state index is 12.6. The lowest BCUT2D eigenvalue weighted by Gasteiger charge is -2.38. The summed E-state index contributed by atoms with van der Waals surface area (Å²) in [5.74, 6) is 0.374. The Morgan fingerprint density at radius 2 is 1.82 bits per heavy atom. The fraction of sp³-hybridized carbons (Fsp3) is 0.391. The zero-order valence-electron chi connectivity index (χ0n) is 15.8. The number of hydrogen-bond donors (Lipinski definition) is 0. The first-order valence-corrected chi connectivity index (χ1v) is 9.88. The van der Waals surface area contributed by atoms with Gasteiger partial charge in [0.2, 0.25) is 0 Å².